The smallest absolute Gasteiger partial charge is 0.183 e. The van der Waals surface area contributed by atoms with E-state index < -0.39 is 0 Å². The summed E-state index contributed by atoms with van der Waals surface area (Å²) in [6, 6.07) is 7.77. The maximum Gasteiger partial charge on any atom is 0.183 e. The Hall–Kier alpha value is -3.61. The zero-order valence-electron chi connectivity index (χ0n) is 14.3. The van der Waals surface area contributed by atoms with Crippen LogP contribution in [0, 0.1) is 13.8 Å². The van der Waals surface area contributed by atoms with Gasteiger partial charge in [-0.05, 0) is 43.7 Å². The van der Waals surface area contributed by atoms with Gasteiger partial charge in [-0.25, -0.2) is 14.5 Å². The predicted octanol–water partition coefficient (Wildman–Crippen LogP) is 3.14. The summed E-state index contributed by atoms with van der Waals surface area (Å²) < 4.78 is 3.83. The summed E-state index contributed by atoms with van der Waals surface area (Å²) in [6.07, 6.45) is 8.81. The first-order valence-electron chi connectivity index (χ1n) is 8.28. The van der Waals surface area contributed by atoms with Crippen LogP contribution in [0.15, 0.2) is 55.4 Å². The minimum Gasteiger partial charge on any atom is -0.297 e. The molecule has 0 unspecified atom stereocenters. The third-order valence-electron chi connectivity index (χ3n) is 4.66. The van der Waals surface area contributed by atoms with Gasteiger partial charge in [-0.1, -0.05) is 0 Å². The highest BCUT2D eigenvalue weighted by Gasteiger charge is 2.19. The summed E-state index contributed by atoms with van der Waals surface area (Å²) in [7, 11) is 0. The Morgan fingerprint density at radius 3 is 2.46 bits per heavy atom. The lowest BCUT2D eigenvalue weighted by molar-refractivity contribution is 0.925. The number of pyridine rings is 2. The lowest BCUT2D eigenvalue weighted by atomic mass is 10.2. The van der Waals surface area contributed by atoms with Crippen molar-refractivity contribution in [3.8, 4) is 17.1 Å². The van der Waals surface area contributed by atoms with Crippen molar-refractivity contribution < 1.29 is 0 Å². The van der Waals surface area contributed by atoms with Crippen LogP contribution in [-0.4, -0.2) is 34.1 Å². The molecule has 0 spiro atoms. The Morgan fingerprint density at radius 2 is 1.73 bits per heavy atom. The molecule has 0 aliphatic heterocycles. The topological polar surface area (TPSA) is 73.8 Å². The van der Waals surface area contributed by atoms with Gasteiger partial charge in [-0.3, -0.25) is 14.5 Å². The number of aryl methyl sites for hydroxylation is 1. The summed E-state index contributed by atoms with van der Waals surface area (Å²) >= 11 is 0. The SMILES string of the molecule is Cc1c(C)n(-c2cccnc2)c2ncn3nc(-c4cccnc4)nc3c12. The summed E-state index contributed by atoms with van der Waals surface area (Å²) in [5.74, 6) is 0.638. The molecule has 7 heteroatoms. The Kier molecular flexibility index (Phi) is 3.08. The number of aromatic nitrogens is 7. The number of fused-ring (bicyclic) bond motifs is 3. The molecule has 0 radical (unpaired) electrons. The van der Waals surface area contributed by atoms with Gasteiger partial charge >= 0.3 is 0 Å². The first-order valence-corrected chi connectivity index (χ1v) is 8.28. The molecule has 0 fully saturated rings. The number of nitrogens with zero attached hydrogens (tertiary/aromatic N) is 7. The van der Waals surface area contributed by atoms with E-state index in [0.29, 0.717) is 5.82 Å². The highest BCUT2D eigenvalue weighted by molar-refractivity contribution is 5.95. The van der Waals surface area contributed by atoms with Crippen molar-refractivity contribution in [2.45, 2.75) is 13.8 Å². The predicted molar refractivity (Wildman–Crippen MR) is 98.1 cm³/mol. The van der Waals surface area contributed by atoms with Gasteiger partial charge < -0.3 is 0 Å². The quantitative estimate of drug-likeness (QED) is 0.493. The van der Waals surface area contributed by atoms with Gasteiger partial charge in [0, 0.05) is 29.8 Å². The van der Waals surface area contributed by atoms with Crippen LogP contribution >= 0.6 is 0 Å². The molecule has 0 aliphatic rings. The lowest BCUT2D eigenvalue weighted by Crippen LogP contribution is -1.99. The fourth-order valence-electron chi connectivity index (χ4n) is 3.28. The van der Waals surface area contributed by atoms with Gasteiger partial charge in [0.2, 0.25) is 0 Å². The fourth-order valence-corrected chi connectivity index (χ4v) is 3.28. The van der Waals surface area contributed by atoms with E-state index in [0.717, 1.165) is 39.2 Å². The standard InChI is InChI=1S/C19H15N7/c1-12-13(2)26(15-6-4-8-21-10-15)18-16(12)19-23-17(24-25(19)11-22-18)14-5-3-7-20-9-14/h3-11H,1-2H3. The third kappa shape index (κ3) is 2.03. The number of hydrogen-bond donors (Lipinski definition) is 0. The van der Waals surface area contributed by atoms with E-state index in [4.69, 9.17) is 4.98 Å². The van der Waals surface area contributed by atoms with E-state index in [1.54, 1.807) is 29.4 Å². The van der Waals surface area contributed by atoms with Crippen LogP contribution in [0.25, 0.3) is 33.8 Å². The van der Waals surface area contributed by atoms with Gasteiger partial charge in [-0.2, -0.15) is 0 Å². The largest absolute Gasteiger partial charge is 0.297 e. The highest BCUT2D eigenvalue weighted by atomic mass is 15.3. The molecule has 5 aromatic rings. The van der Waals surface area contributed by atoms with Crippen LogP contribution < -0.4 is 0 Å². The van der Waals surface area contributed by atoms with Gasteiger partial charge in [-0.15, -0.1) is 5.10 Å². The molecular weight excluding hydrogens is 326 g/mol. The van der Waals surface area contributed by atoms with Crippen molar-refractivity contribution in [3.05, 3.63) is 66.6 Å². The lowest BCUT2D eigenvalue weighted by Gasteiger charge is -2.06. The van der Waals surface area contributed by atoms with E-state index in [1.807, 2.05) is 30.5 Å². The molecule has 7 nitrogen and oxygen atoms in total. The molecule has 126 valence electrons. The van der Waals surface area contributed by atoms with Crippen LogP contribution in [0.4, 0.5) is 0 Å². The number of hydrogen-bond acceptors (Lipinski definition) is 5. The van der Waals surface area contributed by atoms with E-state index in [1.165, 1.54) is 0 Å². The molecule has 0 saturated heterocycles. The second-order valence-electron chi connectivity index (χ2n) is 6.15. The average Bonchev–Trinajstić information content (AvgIpc) is 3.23. The minimum absolute atomic E-state index is 0.638. The Balaban J connectivity index is 1.83. The second-order valence-corrected chi connectivity index (χ2v) is 6.15. The molecule has 0 atom stereocenters. The van der Waals surface area contributed by atoms with Crippen molar-refractivity contribution in [2.75, 3.05) is 0 Å². The van der Waals surface area contributed by atoms with Crippen LogP contribution in [0.3, 0.4) is 0 Å². The summed E-state index contributed by atoms with van der Waals surface area (Å²) in [6.45, 7) is 4.17. The summed E-state index contributed by atoms with van der Waals surface area (Å²) in [5, 5.41) is 5.56. The third-order valence-corrected chi connectivity index (χ3v) is 4.66. The van der Waals surface area contributed by atoms with Crippen molar-refractivity contribution in [2.24, 2.45) is 0 Å². The molecule has 0 saturated carbocycles. The van der Waals surface area contributed by atoms with E-state index in [2.05, 4.69) is 38.5 Å². The maximum atomic E-state index is 4.76. The molecule has 5 heterocycles. The monoisotopic (exact) mass is 341 g/mol. The van der Waals surface area contributed by atoms with Gasteiger partial charge in [0.1, 0.15) is 6.33 Å². The molecular formula is C19H15N7. The Labute approximate surface area is 149 Å². The maximum absolute atomic E-state index is 4.76. The van der Waals surface area contributed by atoms with Gasteiger partial charge in [0.15, 0.2) is 17.1 Å². The zero-order chi connectivity index (χ0) is 17.7. The first kappa shape index (κ1) is 14.7. The molecule has 5 rings (SSSR count). The molecule has 0 aromatic carbocycles. The summed E-state index contributed by atoms with van der Waals surface area (Å²) in [4.78, 5) is 17.8. The Bertz CT molecular complexity index is 1240. The molecule has 5 aromatic heterocycles. The van der Waals surface area contributed by atoms with Crippen LogP contribution in [0.2, 0.25) is 0 Å². The average molecular weight is 341 g/mol. The van der Waals surface area contributed by atoms with Gasteiger partial charge in [0.25, 0.3) is 0 Å². The van der Waals surface area contributed by atoms with Crippen molar-refractivity contribution in [1.82, 2.24) is 34.1 Å². The molecule has 0 N–H and O–H groups in total. The van der Waals surface area contributed by atoms with Crippen LogP contribution in [0.1, 0.15) is 11.3 Å². The fraction of sp³-hybridized carbons (Fsp3) is 0.105. The molecule has 0 aliphatic carbocycles. The first-order chi connectivity index (χ1) is 12.7. The van der Waals surface area contributed by atoms with Crippen molar-refractivity contribution >= 4 is 16.7 Å². The van der Waals surface area contributed by atoms with Gasteiger partial charge in [0.05, 0.1) is 17.3 Å². The molecule has 26 heavy (non-hydrogen) atoms. The zero-order valence-corrected chi connectivity index (χ0v) is 14.3. The molecule has 0 amide bonds. The molecule has 0 bridgehead atoms. The van der Waals surface area contributed by atoms with Crippen LogP contribution in [-0.2, 0) is 0 Å². The summed E-state index contributed by atoms with van der Waals surface area (Å²) in [5.41, 5.74) is 5.74. The van der Waals surface area contributed by atoms with Crippen molar-refractivity contribution in [1.29, 1.82) is 0 Å². The number of rotatable bonds is 2. The van der Waals surface area contributed by atoms with Crippen LogP contribution in [0.5, 0.6) is 0 Å². The van der Waals surface area contributed by atoms with Crippen molar-refractivity contribution in [3.63, 3.8) is 0 Å². The Morgan fingerprint density at radius 1 is 0.923 bits per heavy atom. The van der Waals surface area contributed by atoms with E-state index >= 15 is 0 Å². The normalized spacial score (nSPS) is 11.5. The van der Waals surface area contributed by atoms with E-state index in [-0.39, 0.29) is 0 Å². The van der Waals surface area contributed by atoms with E-state index in [9.17, 15) is 0 Å². The second kappa shape index (κ2) is 5.45. The highest BCUT2D eigenvalue weighted by Crippen LogP contribution is 2.30. The minimum atomic E-state index is 0.638.